The Morgan fingerprint density at radius 2 is 1.75 bits per heavy atom. The lowest BCUT2D eigenvalue weighted by Crippen LogP contribution is -2.57. The Bertz CT molecular complexity index is 1320. The van der Waals surface area contributed by atoms with Gasteiger partial charge in [-0.25, -0.2) is 22.5 Å². The third-order valence-electron chi connectivity index (χ3n) is 7.58. The number of aliphatic hydroxyl groups is 2. The monoisotopic (exact) mass is 565 g/mol. The number of carbonyl (C=O) groups excluding carboxylic acids is 1. The highest BCUT2D eigenvalue weighted by molar-refractivity contribution is 5.73. The molecule has 3 aromatic rings. The standard InChI is InChI=1S/C25H30F3N7O5/c1-13(37)33-5-3-16(4-6-33)34-10-15(29-31-34)9-20-25(39-2)23(24(38)21(12-36)40-20)35-11-19(30-32-35)14-7-17(26)22(28)18(27)8-14/h7-8,10-11,16,20-21,23-25,36,38H,3-6,9,12H2,1-2H3/t20-,21-,23+,24+,25+/m1/s1. The maximum absolute atomic E-state index is 13.8. The summed E-state index contributed by atoms with van der Waals surface area (Å²) in [5.41, 5.74) is 0.603. The van der Waals surface area contributed by atoms with Crippen molar-refractivity contribution in [1.82, 2.24) is 34.9 Å². The van der Waals surface area contributed by atoms with E-state index < -0.39 is 54.5 Å². The van der Waals surface area contributed by atoms with Crippen LogP contribution in [0, 0.1) is 17.5 Å². The summed E-state index contributed by atoms with van der Waals surface area (Å²) < 4.78 is 55.8. The molecule has 0 spiro atoms. The lowest BCUT2D eigenvalue weighted by molar-refractivity contribution is -0.212. The second kappa shape index (κ2) is 11.6. The van der Waals surface area contributed by atoms with Crippen molar-refractivity contribution in [3.63, 3.8) is 0 Å². The number of carbonyl (C=O) groups is 1. The molecule has 0 saturated carbocycles. The van der Waals surface area contributed by atoms with Gasteiger partial charge in [0.05, 0.1) is 30.6 Å². The fourth-order valence-electron chi connectivity index (χ4n) is 5.43. The van der Waals surface area contributed by atoms with Gasteiger partial charge in [-0.05, 0) is 25.0 Å². The maximum atomic E-state index is 13.8. The van der Waals surface area contributed by atoms with Crippen LogP contribution in [-0.2, 0) is 20.7 Å². The number of halogens is 3. The molecule has 1 aromatic carbocycles. The van der Waals surface area contributed by atoms with Crippen LogP contribution >= 0.6 is 0 Å². The van der Waals surface area contributed by atoms with Gasteiger partial charge in [0.2, 0.25) is 5.91 Å². The number of ether oxygens (including phenoxy) is 2. The molecular weight excluding hydrogens is 535 g/mol. The van der Waals surface area contributed by atoms with E-state index in [0.717, 1.165) is 25.0 Å². The van der Waals surface area contributed by atoms with Crippen LogP contribution in [0.1, 0.15) is 37.5 Å². The van der Waals surface area contributed by atoms with Gasteiger partial charge in [-0.1, -0.05) is 10.4 Å². The molecule has 2 N–H and O–H groups in total. The third-order valence-corrected chi connectivity index (χ3v) is 7.58. The zero-order valence-electron chi connectivity index (χ0n) is 21.9. The summed E-state index contributed by atoms with van der Waals surface area (Å²) in [6.07, 6.45) is 1.15. The summed E-state index contributed by atoms with van der Waals surface area (Å²) in [6, 6.07) is 0.793. The highest BCUT2D eigenvalue weighted by atomic mass is 19.2. The van der Waals surface area contributed by atoms with Crippen molar-refractivity contribution in [3.8, 4) is 11.3 Å². The Morgan fingerprint density at radius 3 is 2.38 bits per heavy atom. The Balaban J connectivity index is 1.35. The Morgan fingerprint density at radius 1 is 1.07 bits per heavy atom. The van der Waals surface area contributed by atoms with E-state index in [-0.39, 0.29) is 29.6 Å². The van der Waals surface area contributed by atoms with Crippen molar-refractivity contribution in [2.45, 2.75) is 62.7 Å². The van der Waals surface area contributed by atoms with Crippen LogP contribution in [-0.4, -0.2) is 102 Å². The molecule has 15 heteroatoms. The average Bonchev–Trinajstić information content (AvgIpc) is 3.62. The number of piperidine rings is 1. The molecule has 4 heterocycles. The highest BCUT2D eigenvalue weighted by Crippen LogP contribution is 2.34. The van der Waals surface area contributed by atoms with Gasteiger partial charge < -0.3 is 24.6 Å². The van der Waals surface area contributed by atoms with Gasteiger partial charge in [0.1, 0.15) is 30.0 Å². The summed E-state index contributed by atoms with van der Waals surface area (Å²) in [7, 11) is 1.43. The zero-order chi connectivity index (χ0) is 28.6. The molecule has 216 valence electrons. The number of methoxy groups -OCH3 is 1. The molecule has 5 atom stereocenters. The fourth-order valence-corrected chi connectivity index (χ4v) is 5.43. The van der Waals surface area contributed by atoms with Crippen LogP contribution in [0.2, 0.25) is 0 Å². The number of aliphatic hydroxyl groups excluding tert-OH is 2. The first kappa shape index (κ1) is 28.1. The van der Waals surface area contributed by atoms with Crippen LogP contribution in [0.3, 0.4) is 0 Å². The van der Waals surface area contributed by atoms with E-state index in [2.05, 4.69) is 20.6 Å². The van der Waals surface area contributed by atoms with E-state index in [9.17, 15) is 28.2 Å². The number of amides is 1. The minimum Gasteiger partial charge on any atom is -0.394 e. The van der Waals surface area contributed by atoms with E-state index in [1.54, 1.807) is 16.5 Å². The van der Waals surface area contributed by atoms with Crippen molar-refractivity contribution >= 4 is 5.91 Å². The molecule has 0 aliphatic carbocycles. The van der Waals surface area contributed by atoms with E-state index >= 15 is 0 Å². The molecule has 0 radical (unpaired) electrons. The normalized spacial score (nSPS) is 25.9. The molecule has 2 aromatic heterocycles. The Hall–Kier alpha value is -3.40. The second-order valence-electron chi connectivity index (χ2n) is 10.0. The van der Waals surface area contributed by atoms with Gasteiger partial charge in [0.15, 0.2) is 17.5 Å². The number of likely N-dealkylation sites (tertiary alicyclic amines) is 1. The van der Waals surface area contributed by atoms with Gasteiger partial charge in [-0.3, -0.25) is 4.79 Å². The molecule has 5 rings (SSSR count). The zero-order valence-corrected chi connectivity index (χ0v) is 21.9. The number of rotatable bonds is 7. The van der Waals surface area contributed by atoms with Crippen LogP contribution in [0.15, 0.2) is 24.5 Å². The molecule has 0 bridgehead atoms. The Kier molecular flexibility index (Phi) is 8.16. The molecule has 2 fully saturated rings. The number of benzene rings is 1. The maximum Gasteiger partial charge on any atom is 0.219 e. The van der Waals surface area contributed by atoms with E-state index in [1.165, 1.54) is 18.0 Å². The summed E-state index contributed by atoms with van der Waals surface area (Å²) in [5.74, 6) is -4.29. The molecule has 2 aliphatic heterocycles. The smallest absolute Gasteiger partial charge is 0.219 e. The highest BCUT2D eigenvalue weighted by Gasteiger charge is 2.47. The molecule has 0 unspecified atom stereocenters. The van der Waals surface area contributed by atoms with Crippen LogP contribution in [0.4, 0.5) is 13.2 Å². The van der Waals surface area contributed by atoms with E-state index in [4.69, 9.17) is 9.47 Å². The predicted octanol–water partition coefficient (Wildman–Crippen LogP) is 1.06. The average molecular weight is 566 g/mol. The van der Waals surface area contributed by atoms with Gasteiger partial charge in [-0.2, -0.15) is 0 Å². The molecule has 2 aliphatic rings. The van der Waals surface area contributed by atoms with Crippen molar-refractivity contribution in [1.29, 1.82) is 0 Å². The lowest BCUT2D eigenvalue weighted by atomic mass is 9.90. The fraction of sp³-hybridized carbons (Fsp3) is 0.560. The lowest BCUT2D eigenvalue weighted by Gasteiger charge is -2.43. The van der Waals surface area contributed by atoms with Gasteiger partial charge in [0.25, 0.3) is 0 Å². The molecular formula is C25H30F3N7O5. The molecule has 1 amide bonds. The van der Waals surface area contributed by atoms with Crippen LogP contribution in [0.25, 0.3) is 11.3 Å². The molecule has 12 nitrogen and oxygen atoms in total. The topological polar surface area (TPSA) is 141 Å². The quantitative estimate of drug-likeness (QED) is 0.403. The first-order valence-corrected chi connectivity index (χ1v) is 12.9. The minimum absolute atomic E-state index is 0.0424. The number of hydrogen-bond acceptors (Lipinski definition) is 9. The summed E-state index contributed by atoms with van der Waals surface area (Å²) in [6.45, 7) is 2.33. The van der Waals surface area contributed by atoms with Crippen LogP contribution < -0.4 is 0 Å². The summed E-state index contributed by atoms with van der Waals surface area (Å²) >= 11 is 0. The van der Waals surface area contributed by atoms with Crippen LogP contribution in [0.5, 0.6) is 0 Å². The number of nitrogens with zero attached hydrogens (tertiary/aromatic N) is 7. The third kappa shape index (κ3) is 5.46. The predicted molar refractivity (Wildman–Crippen MR) is 131 cm³/mol. The van der Waals surface area contributed by atoms with Crippen molar-refractivity contribution in [2.75, 3.05) is 26.8 Å². The van der Waals surface area contributed by atoms with Crippen molar-refractivity contribution < 1.29 is 37.7 Å². The molecule has 2 saturated heterocycles. The summed E-state index contributed by atoms with van der Waals surface area (Å²) in [4.78, 5) is 13.4. The van der Waals surface area contributed by atoms with Gasteiger partial charge >= 0.3 is 0 Å². The van der Waals surface area contributed by atoms with Gasteiger partial charge in [0, 0.05) is 45.3 Å². The minimum atomic E-state index is -1.59. The number of aromatic nitrogens is 6. The SMILES string of the molecule is CO[C@@H]1[C@@H](n2cc(-c3cc(F)c(F)c(F)c3)nn2)[C@@H](O)[C@@H](CO)O[C@@H]1Cc1cn(C2CCN(C(C)=O)CC2)nn1. The molecule has 40 heavy (non-hydrogen) atoms. The number of hydrogen-bond donors (Lipinski definition) is 2. The van der Waals surface area contributed by atoms with Crippen molar-refractivity contribution in [3.05, 3.63) is 47.7 Å². The van der Waals surface area contributed by atoms with E-state index in [1.807, 2.05) is 6.20 Å². The largest absolute Gasteiger partial charge is 0.394 e. The van der Waals surface area contributed by atoms with Crippen molar-refractivity contribution in [2.24, 2.45) is 0 Å². The first-order chi connectivity index (χ1) is 19.2. The first-order valence-electron chi connectivity index (χ1n) is 12.9. The summed E-state index contributed by atoms with van der Waals surface area (Å²) in [5, 5.41) is 37.5. The second-order valence-corrected chi connectivity index (χ2v) is 10.0. The Labute approximate surface area is 227 Å². The van der Waals surface area contributed by atoms with E-state index in [0.29, 0.717) is 18.8 Å². The van der Waals surface area contributed by atoms with Gasteiger partial charge in [-0.15, -0.1) is 10.2 Å².